The van der Waals surface area contributed by atoms with E-state index >= 15 is 0 Å². The highest BCUT2D eigenvalue weighted by Crippen LogP contribution is 2.36. The van der Waals surface area contributed by atoms with Gasteiger partial charge in [-0.25, -0.2) is 9.78 Å². The summed E-state index contributed by atoms with van der Waals surface area (Å²) in [6, 6.07) is 0.977. The van der Waals surface area contributed by atoms with Crippen LogP contribution < -0.4 is 4.90 Å². The number of nitrogens with zero attached hydrogens (tertiary/aromatic N) is 2. The van der Waals surface area contributed by atoms with E-state index in [9.17, 15) is 9.90 Å². The Bertz CT molecular complexity index is 444. The smallest absolute Gasteiger partial charge is 0.347 e. The second kappa shape index (κ2) is 5.26. The molecule has 2 rings (SSSR count). The molecule has 1 aliphatic rings. The first kappa shape index (κ1) is 13.3. The highest BCUT2D eigenvalue weighted by atomic mass is 32.1. The predicted molar refractivity (Wildman–Crippen MR) is 73.7 cm³/mol. The molecule has 1 fully saturated rings. The second-order valence-corrected chi connectivity index (χ2v) is 5.80. The molecule has 0 spiro atoms. The maximum atomic E-state index is 11.2. The molecule has 0 saturated carbocycles. The van der Waals surface area contributed by atoms with Gasteiger partial charge in [-0.15, -0.1) is 0 Å². The van der Waals surface area contributed by atoms with Crippen LogP contribution in [0.4, 0.5) is 5.13 Å². The quantitative estimate of drug-likeness (QED) is 0.911. The molecule has 0 aromatic carbocycles. The molecule has 0 aliphatic carbocycles. The van der Waals surface area contributed by atoms with Crippen LogP contribution in [0.5, 0.6) is 0 Å². The predicted octanol–water partition coefficient (Wildman–Crippen LogP) is 3.17. The molecule has 0 bridgehead atoms. The zero-order valence-electron chi connectivity index (χ0n) is 11.1. The van der Waals surface area contributed by atoms with Crippen LogP contribution in [0.25, 0.3) is 0 Å². The fraction of sp³-hybridized carbons (Fsp3) is 0.692. The highest BCUT2D eigenvalue weighted by Gasteiger charge is 2.32. The van der Waals surface area contributed by atoms with Gasteiger partial charge in [0.1, 0.15) is 4.88 Å². The van der Waals surface area contributed by atoms with Crippen molar-refractivity contribution in [3.63, 3.8) is 0 Å². The molecule has 1 aromatic rings. The van der Waals surface area contributed by atoms with Crippen LogP contribution in [0, 0.1) is 0 Å². The molecule has 1 saturated heterocycles. The fourth-order valence-corrected chi connectivity index (χ4v) is 3.84. The summed E-state index contributed by atoms with van der Waals surface area (Å²) in [5, 5.41) is 10.1. The molecule has 4 nitrogen and oxygen atoms in total. The lowest BCUT2D eigenvalue weighted by molar-refractivity contribution is 0.0701. The van der Waals surface area contributed by atoms with Gasteiger partial charge in [-0.3, -0.25) is 0 Å². The van der Waals surface area contributed by atoms with Gasteiger partial charge in [0.15, 0.2) is 5.13 Å². The van der Waals surface area contributed by atoms with E-state index in [1.165, 1.54) is 24.2 Å². The van der Waals surface area contributed by atoms with Crippen molar-refractivity contribution in [2.24, 2.45) is 0 Å². The minimum absolute atomic E-state index is 0.404. The summed E-state index contributed by atoms with van der Waals surface area (Å²) in [7, 11) is 0. The number of aromatic carboxylic acids is 1. The van der Waals surface area contributed by atoms with E-state index in [1.54, 1.807) is 0 Å². The molecule has 2 atom stereocenters. The summed E-state index contributed by atoms with van der Waals surface area (Å²) in [4.78, 5) is 18.5. The van der Waals surface area contributed by atoms with E-state index < -0.39 is 5.97 Å². The first-order valence-corrected chi connectivity index (χ1v) is 7.41. The number of aromatic nitrogens is 1. The van der Waals surface area contributed by atoms with Crippen LogP contribution in [0.3, 0.4) is 0 Å². The number of carboxylic acid groups (broad SMARTS) is 1. The van der Waals surface area contributed by atoms with Gasteiger partial charge in [0.25, 0.3) is 0 Å². The second-order valence-electron chi connectivity index (χ2n) is 4.83. The number of thiazole rings is 1. The molecule has 1 aliphatic heterocycles. The Hall–Kier alpha value is -1.10. The number of rotatable bonds is 4. The standard InChI is InChI=1S/C13H20N2O2S/c1-4-9-7-6-8(3)15(9)13-14-10(5-2)11(18-13)12(16)17/h8-9H,4-7H2,1-3H3,(H,16,17). The topological polar surface area (TPSA) is 53.4 Å². The lowest BCUT2D eigenvalue weighted by atomic mass is 10.2. The molecule has 1 N–H and O–H groups in total. The Morgan fingerprint density at radius 1 is 1.50 bits per heavy atom. The maximum absolute atomic E-state index is 11.2. The Balaban J connectivity index is 2.35. The van der Waals surface area contributed by atoms with Gasteiger partial charge >= 0.3 is 5.97 Å². The number of hydrogen-bond donors (Lipinski definition) is 1. The van der Waals surface area contributed by atoms with E-state index in [0.29, 0.717) is 23.4 Å². The summed E-state index contributed by atoms with van der Waals surface area (Å²) in [6.07, 6.45) is 4.12. The van der Waals surface area contributed by atoms with Crippen molar-refractivity contribution in [1.29, 1.82) is 0 Å². The van der Waals surface area contributed by atoms with E-state index in [-0.39, 0.29) is 0 Å². The molecule has 0 amide bonds. The third-order valence-electron chi connectivity index (χ3n) is 3.69. The zero-order chi connectivity index (χ0) is 13.3. The average molecular weight is 268 g/mol. The van der Waals surface area contributed by atoms with Crippen LogP contribution in [0.1, 0.15) is 55.4 Å². The Kier molecular flexibility index (Phi) is 3.90. The van der Waals surface area contributed by atoms with Crippen LogP contribution in [0.2, 0.25) is 0 Å². The summed E-state index contributed by atoms with van der Waals surface area (Å²) in [6.45, 7) is 6.33. The summed E-state index contributed by atoms with van der Waals surface area (Å²) in [5.41, 5.74) is 0.719. The normalized spacial score (nSPS) is 23.6. The molecule has 2 unspecified atom stereocenters. The molecular weight excluding hydrogens is 248 g/mol. The van der Waals surface area contributed by atoms with Gasteiger partial charge in [-0.2, -0.15) is 0 Å². The summed E-state index contributed by atoms with van der Waals surface area (Å²) in [5.74, 6) is -0.851. The lowest BCUT2D eigenvalue weighted by Gasteiger charge is -2.27. The Labute approximate surface area is 112 Å². The van der Waals surface area contributed by atoms with Gasteiger partial charge < -0.3 is 10.0 Å². The molecule has 100 valence electrons. The third-order valence-corrected chi connectivity index (χ3v) is 4.79. The van der Waals surface area contributed by atoms with Crippen molar-refractivity contribution in [1.82, 2.24) is 4.98 Å². The molecule has 2 heterocycles. The van der Waals surface area contributed by atoms with E-state index in [4.69, 9.17) is 0 Å². The first-order valence-electron chi connectivity index (χ1n) is 6.59. The van der Waals surface area contributed by atoms with Gasteiger partial charge in [0, 0.05) is 12.1 Å². The van der Waals surface area contributed by atoms with Crippen molar-refractivity contribution in [2.75, 3.05) is 4.90 Å². The highest BCUT2D eigenvalue weighted by molar-refractivity contribution is 7.17. The minimum atomic E-state index is -0.851. The summed E-state index contributed by atoms with van der Waals surface area (Å²) >= 11 is 1.33. The Morgan fingerprint density at radius 3 is 2.72 bits per heavy atom. The SMILES string of the molecule is CCc1nc(N2C(C)CCC2CC)sc1C(=O)O. The third kappa shape index (κ3) is 2.23. The molecule has 0 radical (unpaired) electrons. The molecule has 1 aromatic heterocycles. The summed E-state index contributed by atoms with van der Waals surface area (Å²) < 4.78 is 0. The first-order chi connectivity index (χ1) is 8.58. The average Bonchev–Trinajstić information content (AvgIpc) is 2.91. The number of carboxylic acids is 1. The Morgan fingerprint density at radius 2 is 2.22 bits per heavy atom. The number of hydrogen-bond acceptors (Lipinski definition) is 4. The van der Waals surface area contributed by atoms with E-state index in [1.807, 2.05) is 6.92 Å². The van der Waals surface area contributed by atoms with Crippen LogP contribution in [-0.4, -0.2) is 28.1 Å². The zero-order valence-corrected chi connectivity index (χ0v) is 12.0. The van der Waals surface area contributed by atoms with Crippen LogP contribution in [0.15, 0.2) is 0 Å². The van der Waals surface area contributed by atoms with E-state index in [2.05, 4.69) is 23.7 Å². The largest absolute Gasteiger partial charge is 0.477 e. The number of anilines is 1. The van der Waals surface area contributed by atoms with Crippen LogP contribution >= 0.6 is 11.3 Å². The van der Waals surface area contributed by atoms with Crippen molar-refractivity contribution in [3.8, 4) is 0 Å². The van der Waals surface area contributed by atoms with E-state index in [0.717, 1.165) is 17.2 Å². The van der Waals surface area contributed by atoms with Crippen molar-refractivity contribution in [2.45, 2.75) is 58.5 Å². The molecule has 5 heteroatoms. The molecular formula is C13H20N2O2S. The maximum Gasteiger partial charge on any atom is 0.347 e. The van der Waals surface area contributed by atoms with Gasteiger partial charge in [-0.05, 0) is 32.6 Å². The monoisotopic (exact) mass is 268 g/mol. The minimum Gasteiger partial charge on any atom is -0.477 e. The number of aryl methyl sites for hydroxylation is 1. The van der Waals surface area contributed by atoms with Gasteiger partial charge in [-0.1, -0.05) is 25.2 Å². The fourth-order valence-electron chi connectivity index (χ4n) is 2.67. The van der Waals surface area contributed by atoms with Gasteiger partial charge in [0.05, 0.1) is 5.69 Å². The molecule has 18 heavy (non-hydrogen) atoms. The van der Waals surface area contributed by atoms with Crippen LogP contribution in [-0.2, 0) is 6.42 Å². The van der Waals surface area contributed by atoms with Crippen molar-refractivity contribution in [3.05, 3.63) is 10.6 Å². The van der Waals surface area contributed by atoms with Crippen molar-refractivity contribution < 1.29 is 9.90 Å². The van der Waals surface area contributed by atoms with Crippen molar-refractivity contribution >= 4 is 22.4 Å². The lowest BCUT2D eigenvalue weighted by Crippen LogP contribution is -2.33. The number of carbonyl (C=O) groups is 1. The van der Waals surface area contributed by atoms with Gasteiger partial charge in [0.2, 0.25) is 0 Å².